The van der Waals surface area contributed by atoms with Crippen molar-refractivity contribution in [2.75, 3.05) is 13.2 Å². The van der Waals surface area contributed by atoms with Crippen LogP contribution < -0.4 is 10.5 Å². The van der Waals surface area contributed by atoms with Crippen molar-refractivity contribution in [3.8, 4) is 5.75 Å². The van der Waals surface area contributed by atoms with Crippen molar-refractivity contribution >= 4 is 21.6 Å². The van der Waals surface area contributed by atoms with Gasteiger partial charge in [0.25, 0.3) is 0 Å². The summed E-state index contributed by atoms with van der Waals surface area (Å²) < 4.78 is 6.70. The molecule has 1 aliphatic rings. The molecule has 0 bridgehead atoms. The molecule has 0 aliphatic heterocycles. The lowest BCUT2D eigenvalue weighted by Crippen LogP contribution is -2.19. The first-order chi connectivity index (χ1) is 8.27. The first-order valence-corrected chi connectivity index (χ1v) is 6.83. The number of nitrogens with two attached hydrogens (primary N) is 1. The average molecular weight is 248 g/mol. The Balaban J connectivity index is 2.01. The highest BCUT2D eigenvalue weighted by atomic mass is 32.1. The third kappa shape index (κ3) is 1.81. The number of aromatic nitrogens is 1. The van der Waals surface area contributed by atoms with Gasteiger partial charge in [0, 0.05) is 12.0 Å². The first kappa shape index (κ1) is 11.0. The van der Waals surface area contributed by atoms with Gasteiger partial charge >= 0.3 is 0 Å². The Morgan fingerprint density at radius 2 is 2.29 bits per heavy atom. The highest BCUT2D eigenvalue weighted by Crippen LogP contribution is 2.49. The summed E-state index contributed by atoms with van der Waals surface area (Å²) in [5.41, 5.74) is 7.10. The molecule has 4 heteroatoms. The lowest BCUT2D eigenvalue weighted by molar-refractivity contribution is 0.341. The molecule has 0 saturated heterocycles. The van der Waals surface area contributed by atoms with E-state index in [1.54, 1.807) is 11.3 Å². The minimum absolute atomic E-state index is 0.190. The molecule has 3 nitrogen and oxygen atoms in total. The van der Waals surface area contributed by atoms with Gasteiger partial charge < -0.3 is 10.5 Å². The van der Waals surface area contributed by atoms with Crippen LogP contribution in [-0.2, 0) is 5.41 Å². The minimum Gasteiger partial charge on any atom is -0.494 e. The van der Waals surface area contributed by atoms with Gasteiger partial charge in [0.1, 0.15) is 10.8 Å². The molecule has 1 saturated carbocycles. The fourth-order valence-corrected chi connectivity index (χ4v) is 3.29. The van der Waals surface area contributed by atoms with Crippen molar-refractivity contribution in [2.24, 2.45) is 5.73 Å². The molecule has 2 aromatic rings. The zero-order chi connectivity index (χ0) is 11.9. The summed E-state index contributed by atoms with van der Waals surface area (Å²) in [6.07, 6.45) is 2.36. The second-order valence-corrected chi connectivity index (χ2v) is 5.60. The van der Waals surface area contributed by atoms with Crippen LogP contribution in [0.3, 0.4) is 0 Å². The van der Waals surface area contributed by atoms with Crippen molar-refractivity contribution in [1.82, 2.24) is 4.98 Å². The van der Waals surface area contributed by atoms with Crippen LogP contribution in [0.4, 0.5) is 0 Å². The van der Waals surface area contributed by atoms with E-state index in [4.69, 9.17) is 15.5 Å². The molecule has 1 aromatic carbocycles. The molecule has 17 heavy (non-hydrogen) atoms. The molecule has 0 unspecified atom stereocenters. The molecule has 0 spiro atoms. The third-order valence-corrected chi connectivity index (χ3v) is 4.63. The van der Waals surface area contributed by atoms with Crippen molar-refractivity contribution < 1.29 is 4.74 Å². The van der Waals surface area contributed by atoms with Crippen LogP contribution in [0.2, 0.25) is 0 Å². The van der Waals surface area contributed by atoms with E-state index < -0.39 is 0 Å². The van der Waals surface area contributed by atoms with Crippen LogP contribution in [-0.4, -0.2) is 18.1 Å². The van der Waals surface area contributed by atoms with E-state index in [2.05, 4.69) is 6.07 Å². The summed E-state index contributed by atoms with van der Waals surface area (Å²) in [4.78, 5) is 4.70. The largest absolute Gasteiger partial charge is 0.494 e. The predicted octanol–water partition coefficient (Wildman–Crippen LogP) is 2.69. The van der Waals surface area contributed by atoms with Crippen LogP contribution in [0.15, 0.2) is 18.2 Å². The Labute approximate surface area is 105 Å². The van der Waals surface area contributed by atoms with E-state index in [0.29, 0.717) is 13.2 Å². The quantitative estimate of drug-likeness (QED) is 0.905. The topological polar surface area (TPSA) is 48.1 Å². The van der Waals surface area contributed by atoms with Crippen molar-refractivity contribution in [2.45, 2.75) is 25.2 Å². The molecule has 0 amide bonds. The Bertz CT molecular complexity index is 545. The molecule has 1 aromatic heterocycles. The average Bonchev–Trinajstić information content (AvgIpc) is 3.03. The lowest BCUT2D eigenvalue weighted by Gasteiger charge is -2.05. The molecule has 0 atom stereocenters. The highest BCUT2D eigenvalue weighted by molar-refractivity contribution is 7.18. The number of hydrogen-bond donors (Lipinski definition) is 1. The summed E-state index contributed by atoms with van der Waals surface area (Å²) in [5.74, 6) is 0.924. The molecule has 0 radical (unpaired) electrons. The number of ether oxygens (including phenoxy) is 1. The monoisotopic (exact) mass is 248 g/mol. The second kappa shape index (κ2) is 3.96. The van der Waals surface area contributed by atoms with Gasteiger partial charge in [0.05, 0.1) is 16.8 Å². The van der Waals surface area contributed by atoms with E-state index in [1.807, 2.05) is 19.1 Å². The van der Waals surface area contributed by atoms with E-state index in [0.717, 1.165) is 11.3 Å². The lowest BCUT2D eigenvalue weighted by atomic mass is 10.1. The second-order valence-electron chi connectivity index (χ2n) is 4.57. The number of hydrogen-bond acceptors (Lipinski definition) is 4. The number of rotatable bonds is 4. The predicted molar refractivity (Wildman–Crippen MR) is 70.8 cm³/mol. The summed E-state index contributed by atoms with van der Waals surface area (Å²) in [6, 6.07) is 6.09. The summed E-state index contributed by atoms with van der Waals surface area (Å²) in [5, 5.41) is 1.20. The van der Waals surface area contributed by atoms with E-state index in [-0.39, 0.29) is 5.41 Å². The fraction of sp³-hybridized carbons (Fsp3) is 0.462. The highest BCUT2D eigenvalue weighted by Gasteiger charge is 2.45. The number of nitrogens with zero attached hydrogens (tertiary/aromatic N) is 1. The summed E-state index contributed by atoms with van der Waals surface area (Å²) in [6.45, 7) is 3.41. The Hall–Kier alpha value is -1.13. The molecular weight excluding hydrogens is 232 g/mol. The molecule has 1 heterocycles. The molecule has 3 rings (SSSR count). The van der Waals surface area contributed by atoms with E-state index in [9.17, 15) is 0 Å². The van der Waals surface area contributed by atoms with Crippen LogP contribution in [0.1, 0.15) is 24.8 Å². The first-order valence-electron chi connectivity index (χ1n) is 6.01. The van der Waals surface area contributed by atoms with Crippen molar-refractivity contribution in [3.05, 3.63) is 23.2 Å². The summed E-state index contributed by atoms with van der Waals surface area (Å²) >= 11 is 1.76. The van der Waals surface area contributed by atoms with E-state index in [1.165, 1.54) is 22.5 Å². The maximum atomic E-state index is 5.84. The molecule has 1 fully saturated rings. The molecule has 90 valence electrons. The zero-order valence-electron chi connectivity index (χ0n) is 9.90. The molecule has 2 N–H and O–H groups in total. The zero-order valence-corrected chi connectivity index (χ0v) is 10.7. The minimum atomic E-state index is 0.190. The van der Waals surface area contributed by atoms with Crippen LogP contribution >= 0.6 is 11.3 Å². The van der Waals surface area contributed by atoms with Gasteiger partial charge in [-0.25, -0.2) is 4.98 Å². The summed E-state index contributed by atoms with van der Waals surface area (Å²) in [7, 11) is 0. The normalized spacial score (nSPS) is 17.3. The van der Waals surface area contributed by atoms with Gasteiger partial charge in [0.15, 0.2) is 0 Å². The van der Waals surface area contributed by atoms with Gasteiger partial charge in [-0.05, 0) is 38.0 Å². The van der Waals surface area contributed by atoms with Gasteiger partial charge in [-0.15, -0.1) is 11.3 Å². The van der Waals surface area contributed by atoms with Crippen molar-refractivity contribution in [3.63, 3.8) is 0 Å². The maximum Gasteiger partial charge on any atom is 0.120 e. The van der Waals surface area contributed by atoms with Gasteiger partial charge in [-0.1, -0.05) is 0 Å². The van der Waals surface area contributed by atoms with Gasteiger partial charge in [-0.2, -0.15) is 0 Å². The standard InChI is InChI=1S/C13H16N2OS/c1-2-16-9-3-4-10-11(7-9)17-12(15-10)13(8-14)5-6-13/h3-4,7H,2,5-6,8,14H2,1H3. The third-order valence-electron chi connectivity index (χ3n) is 3.37. The molecular formula is C13H16N2OS. The fourth-order valence-electron chi connectivity index (χ4n) is 2.04. The Morgan fingerprint density at radius 3 is 2.94 bits per heavy atom. The SMILES string of the molecule is CCOc1ccc2nc(C3(CN)CC3)sc2c1. The van der Waals surface area contributed by atoms with Crippen LogP contribution in [0.25, 0.3) is 10.2 Å². The van der Waals surface area contributed by atoms with Crippen LogP contribution in [0.5, 0.6) is 5.75 Å². The maximum absolute atomic E-state index is 5.84. The van der Waals surface area contributed by atoms with E-state index >= 15 is 0 Å². The van der Waals surface area contributed by atoms with Gasteiger partial charge in [0.2, 0.25) is 0 Å². The van der Waals surface area contributed by atoms with Crippen LogP contribution in [0, 0.1) is 0 Å². The molecule has 1 aliphatic carbocycles. The Kier molecular flexibility index (Phi) is 2.56. The van der Waals surface area contributed by atoms with Gasteiger partial charge in [-0.3, -0.25) is 0 Å². The van der Waals surface area contributed by atoms with Crippen molar-refractivity contribution in [1.29, 1.82) is 0 Å². The Morgan fingerprint density at radius 1 is 1.47 bits per heavy atom. The number of benzene rings is 1. The smallest absolute Gasteiger partial charge is 0.120 e. The number of thiazole rings is 1. The number of fused-ring (bicyclic) bond motifs is 1.